The highest BCUT2D eigenvalue weighted by molar-refractivity contribution is 5.69. The van der Waals surface area contributed by atoms with Crippen molar-refractivity contribution in [3.05, 3.63) is 0 Å². The molecule has 0 heterocycles. The third kappa shape index (κ3) is 11.5. The van der Waals surface area contributed by atoms with Gasteiger partial charge in [-0.05, 0) is 40.7 Å². The van der Waals surface area contributed by atoms with Crippen LogP contribution in [0.2, 0.25) is 0 Å². The molecule has 0 aromatic heterocycles. The monoisotopic (exact) mass is 230 g/mol. The summed E-state index contributed by atoms with van der Waals surface area (Å²) in [4.78, 5) is 11.0. The fraction of sp³-hybridized carbons (Fsp3) is 0.917. The summed E-state index contributed by atoms with van der Waals surface area (Å²) < 4.78 is 4.84. The van der Waals surface area contributed by atoms with Crippen molar-refractivity contribution >= 4 is 5.97 Å². The summed E-state index contributed by atoms with van der Waals surface area (Å²) in [6, 6.07) is 0. The van der Waals surface area contributed by atoms with Crippen LogP contribution in [0.25, 0.3) is 0 Å². The highest BCUT2D eigenvalue weighted by Gasteiger charge is 2.06. The fourth-order valence-corrected chi connectivity index (χ4v) is 1.24. The van der Waals surface area contributed by atoms with Crippen LogP contribution in [-0.2, 0) is 9.53 Å². The third-order valence-electron chi connectivity index (χ3n) is 2.00. The Hall–Kier alpha value is -0.610. The van der Waals surface area contributed by atoms with Gasteiger partial charge < -0.3 is 15.4 Å². The molecule has 0 aliphatic carbocycles. The van der Waals surface area contributed by atoms with E-state index in [1.807, 2.05) is 6.92 Å². The van der Waals surface area contributed by atoms with Gasteiger partial charge in [-0.15, -0.1) is 0 Å². The molecule has 0 saturated carbocycles. The van der Waals surface area contributed by atoms with E-state index in [0.717, 1.165) is 26.1 Å². The van der Waals surface area contributed by atoms with Gasteiger partial charge in [0.1, 0.15) is 0 Å². The van der Waals surface area contributed by atoms with Gasteiger partial charge in [-0.3, -0.25) is 4.79 Å². The lowest BCUT2D eigenvalue weighted by Gasteiger charge is -2.20. The average Bonchev–Trinajstić information content (AvgIpc) is 2.15. The van der Waals surface area contributed by atoms with E-state index < -0.39 is 0 Å². The first-order chi connectivity index (χ1) is 7.45. The second-order valence-electron chi connectivity index (χ2n) is 4.84. The van der Waals surface area contributed by atoms with Crippen molar-refractivity contribution in [3.63, 3.8) is 0 Å². The molecule has 0 atom stereocenters. The second kappa shape index (κ2) is 8.53. The van der Waals surface area contributed by atoms with Gasteiger partial charge in [0.05, 0.1) is 6.61 Å². The SMILES string of the molecule is CCOC(=O)CCCNCCNC(C)(C)C. The van der Waals surface area contributed by atoms with E-state index in [-0.39, 0.29) is 11.5 Å². The van der Waals surface area contributed by atoms with Crippen molar-refractivity contribution in [2.24, 2.45) is 0 Å². The molecule has 0 saturated heterocycles. The molecule has 0 unspecified atom stereocenters. The summed E-state index contributed by atoms with van der Waals surface area (Å²) in [5.74, 6) is -0.0999. The van der Waals surface area contributed by atoms with Crippen molar-refractivity contribution in [3.8, 4) is 0 Å². The molecule has 0 amide bonds. The Morgan fingerprint density at radius 1 is 1.19 bits per heavy atom. The van der Waals surface area contributed by atoms with Crippen molar-refractivity contribution in [2.45, 2.75) is 46.1 Å². The summed E-state index contributed by atoms with van der Waals surface area (Å²) in [7, 11) is 0. The van der Waals surface area contributed by atoms with Crippen LogP contribution in [0.15, 0.2) is 0 Å². The molecule has 0 aromatic carbocycles. The zero-order valence-electron chi connectivity index (χ0n) is 11.1. The van der Waals surface area contributed by atoms with Crippen LogP contribution in [0.5, 0.6) is 0 Å². The van der Waals surface area contributed by atoms with E-state index in [1.165, 1.54) is 0 Å². The third-order valence-corrected chi connectivity index (χ3v) is 2.00. The van der Waals surface area contributed by atoms with E-state index in [4.69, 9.17) is 4.74 Å². The molecule has 0 aliphatic rings. The molecule has 0 spiro atoms. The van der Waals surface area contributed by atoms with Crippen molar-refractivity contribution in [2.75, 3.05) is 26.2 Å². The summed E-state index contributed by atoms with van der Waals surface area (Å²) in [5.41, 5.74) is 0.173. The van der Waals surface area contributed by atoms with Gasteiger partial charge in [-0.2, -0.15) is 0 Å². The molecule has 0 rings (SSSR count). The molecule has 0 radical (unpaired) electrons. The lowest BCUT2D eigenvalue weighted by atomic mass is 10.1. The van der Waals surface area contributed by atoms with Crippen molar-refractivity contribution in [1.29, 1.82) is 0 Å². The van der Waals surface area contributed by atoms with Crippen LogP contribution in [0, 0.1) is 0 Å². The normalized spacial score (nSPS) is 11.5. The Labute approximate surface area is 99.1 Å². The minimum absolute atomic E-state index is 0.0999. The molecule has 4 heteroatoms. The smallest absolute Gasteiger partial charge is 0.305 e. The first-order valence-electron chi connectivity index (χ1n) is 6.07. The van der Waals surface area contributed by atoms with Gasteiger partial charge in [0.15, 0.2) is 0 Å². The maximum atomic E-state index is 11.0. The number of hydrogen-bond acceptors (Lipinski definition) is 4. The number of rotatable bonds is 8. The van der Waals surface area contributed by atoms with E-state index in [0.29, 0.717) is 13.0 Å². The summed E-state index contributed by atoms with van der Waals surface area (Å²) >= 11 is 0. The molecular formula is C12H26N2O2. The minimum atomic E-state index is -0.0999. The molecule has 2 N–H and O–H groups in total. The molecule has 0 fully saturated rings. The van der Waals surface area contributed by atoms with Gasteiger partial charge in [0.25, 0.3) is 0 Å². The number of nitrogens with one attached hydrogen (secondary N) is 2. The topological polar surface area (TPSA) is 50.4 Å². The number of ether oxygens (including phenoxy) is 1. The molecule has 16 heavy (non-hydrogen) atoms. The molecule has 96 valence electrons. The Morgan fingerprint density at radius 2 is 1.88 bits per heavy atom. The van der Waals surface area contributed by atoms with Crippen LogP contribution < -0.4 is 10.6 Å². The lowest BCUT2D eigenvalue weighted by Crippen LogP contribution is -2.40. The summed E-state index contributed by atoms with van der Waals surface area (Å²) in [5, 5.41) is 6.67. The maximum absolute atomic E-state index is 11.0. The molecule has 0 aromatic rings. The van der Waals surface area contributed by atoms with Gasteiger partial charge in [0, 0.05) is 25.0 Å². The Balaban J connectivity index is 3.19. The molecule has 4 nitrogen and oxygen atoms in total. The first kappa shape index (κ1) is 15.4. The number of esters is 1. The van der Waals surface area contributed by atoms with Crippen molar-refractivity contribution in [1.82, 2.24) is 10.6 Å². The van der Waals surface area contributed by atoms with Gasteiger partial charge >= 0.3 is 5.97 Å². The van der Waals surface area contributed by atoms with Gasteiger partial charge in [-0.25, -0.2) is 0 Å². The number of carbonyl (C=O) groups excluding carboxylic acids is 1. The lowest BCUT2D eigenvalue weighted by molar-refractivity contribution is -0.143. The van der Waals surface area contributed by atoms with Gasteiger partial charge in [0.2, 0.25) is 0 Å². The number of carbonyl (C=O) groups is 1. The second-order valence-corrected chi connectivity index (χ2v) is 4.84. The van der Waals surface area contributed by atoms with E-state index >= 15 is 0 Å². The predicted molar refractivity (Wildman–Crippen MR) is 66.5 cm³/mol. The van der Waals surface area contributed by atoms with Gasteiger partial charge in [-0.1, -0.05) is 0 Å². The Bertz CT molecular complexity index is 188. The Kier molecular flexibility index (Phi) is 8.21. The standard InChI is InChI=1S/C12H26N2O2/c1-5-16-11(15)7-6-8-13-9-10-14-12(2,3)4/h13-14H,5-10H2,1-4H3. The quantitative estimate of drug-likeness (QED) is 0.487. The molecule has 0 aliphatic heterocycles. The highest BCUT2D eigenvalue weighted by Crippen LogP contribution is 1.96. The minimum Gasteiger partial charge on any atom is -0.466 e. The maximum Gasteiger partial charge on any atom is 0.305 e. The average molecular weight is 230 g/mol. The van der Waals surface area contributed by atoms with E-state index in [9.17, 15) is 4.79 Å². The first-order valence-corrected chi connectivity index (χ1v) is 6.07. The fourth-order valence-electron chi connectivity index (χ4n) is 1.24. The van der Waals surface area contributed by atoms with Crippen LogP contribution >= 0.6 is 0 Å². The van der Waals surface area contributed by atoms with Crippen LogP contribution in [0.4, 0.5) is 0 Å². The zero-order valence-corrected chi connectivity index (χ0v) is 11.1. The molecule has 0 bridgehead atoms. The van der Waals surface area contributed by atoms with Crippen LogP contribution in [-0.4, -0.2) is 37.7 Å². The van der Waals surface area contributed by atoms with Crippen LogP contribution in [0.3, 0.4) is 0 Å². The summed E-state index contributed by atoms with van der Waals surface area (Å²) in [6.07, 6.45) is 1.35. The Morgan fingerprint density at radius 3 is 2.44 bits per heavy atom. The number of hydrogen-bond donors (Lipinski definition) is 2. The van der Waals surface area contributed by atoms with E-state index in [2.05, 4.69) is 31.4 Å². The largest absolute Gasteiger partial charge is 0.466 e. The highest BCUT2D eigenvalue weighted by atomic mass is 16.5. The zero-order chi connectivity index (χ0) is 12.4. The van der Waals surface area contributed by atoms with Crippen LogP contribution in [0.1, 0.15) is 40.5 Å². The van der Waals surface area contributed by atoms with E-state index in [1.54, 1.807) is 0 Å². The summed E-state index contributed by atoms with van der Waals surface area (Å²) in [6.45, 7) is 11.5. The predicted octanol–water partition coefficient (Wildman–Crippen LogP) is 1.31. The van der Waals surface area contributed by atoms with Crippen molar-refractivity contribution < 1.29 is 9.53 Å². The molecular weight excluding hydrogens is 204 g/mol.